The Morgan fingerprint density at radius 3 is 2.43 bits per heavy atom. The molecule has 0 aliphatic carbocycles. The number of carbonyl (C=O) groups excluding carboxylic acids is 1. The zero-order valence-electron chi connectivity index (χ0n) is 16.5. The van der Waals surface area contributed by atoms with E-state index in [-0.39, 0.29) is 23.7 Å². The highest BCUT2D eigenvalue weighted by Crippen LogP contribution is 2.34. The van der Waals surface area contributed by atoms with E-state index in [4.69, 9.17) is 14.2 Å². The van der Waals surface area contributed by atoms with Crippen molar-refractivity contribution >= 4 is 28.6 Å². The predicted molar refractivity (Wildman–Crippen MR) is 113 cm³/mol. The van der Waals surface area contributed by atoms with Crippen LogP contribution in [-0.2, 0) is 11.2 Å². The van der Waals surface area contributed by atoms with Crippen LogP contribution in [0.5, 0.6) is 17.2 Å². The molecule has 1 N–H and O–H groups in total. The molecule has 0 aliphatic rings. The number of nitrogens with one attached hydrogen (secondary N) is 1. The molecule has 0 saturated heterocycles. The normalized spacial score (nSPS) is 10.4. The van der Waals surface area contributed by atoms with Crippen LogP contribution in [0.1, 0.15) is 5.69 Å². The second-order valence-corrected chi connectivity index (χ2v) is 6.94. The molecule has 0 spiro atoms. The smallest absolute Gasteiger partial charge is 0.271 e. The average Bonchev–Trinajstić information content (AvgIpc) is 3.21. The van der Waals surface area contributed by atoms with E-state index in [1.165, 1.54) is 36.6 Å². The van der Waals surface area contributed by atoms with Crippen LogP contribution in [0.4, 0.5) is 11.4 Å². The molecular weight excluding hydrogens is 410 g/mol. The number of methoxy groups -OCH3 is 3. The van der Waals surface area contributed by atoms with E-state index in [1.807, 2.05) is 12.1 Å². The molecule has 0 radical (unpaired) electrons. The third-order valence-electron chi connectivity index (χ3n) is 4.19. The van der Waals surface area contributed by atoms with Crippen LogP contribution in [0, 0.1) is 10.1 Å². The highest BCUT2D eigenvalue weighted by molar-refractivity contribution is 7.13. The largest absolute Gasteiger partial charge is 0.495 e. The lowest BCUT2D eigenvalue weighted by Gasteiger charge is -2.09. The first kappa shape index (κ1) is 21.1. The number of amides is 1. The number of nitro groups is 1. The summed E-state index contributed by atoms with van der Waals surface area (Å²) in [4.78, 5) is 27.4. The van der Waals surface area contributed by atoms with Gasteiger partial charge in [-0.2, -0.15) is 0 Å². The van der Waals surface area contributed by atoms with Crippen LogP contribution in [0.2, 0.25) is 0 Å². The van der Waals surface area contributed by atoms with Crippen molar-refractivity contribution in [1.82, 2.24) is 4.98 Å². The molecule has 3 rings (SSSR count). The number of thiazole rings is 1. The molecule has 0 saturated carbocycles. The van der Waals surface area contributed by atoms with Gasteiger partial charge in [-0.05, 0) is 24.3 Å². The van der Waals surface area contributed by atoms with Gasteiger partial charge in [-0.1, -0.05) is 0 Å². The van der Waals surface area contributed by atoms with Gasteiger partial charge >= 0.3 is 0 Å². The lowest BCUT2D eigenvalue weighted by atomic mass is 10.2. The Morgan fingerprint density at radius 1 is 1.07 bits per heavy atom. The summed E-state index contributed by atoms with van der Waals surface area (Å²) in [6.07, 6.45) is 0.00956. The Labute approximate surface area is 176 Å². The van der Waals surface area contributed by atoms with Gasteiger partial charge in [0, 0.05) is 23.1 Å². The van der Waals surface area contributed by atoms with Crippen LogP contribution >= 0.6 is 11.3 Å². The van der Waals surface area contributed by atoms with Gasteiger partial charge in [0.2, 0.25) is 5.91 Å². The minimum absolute atomic E-state index is 0.00956. The molecule has 0 atom stereocenters. The first-order chi connectivity index (χ1) is 14.4. The van der Waals surface area contributed by atoms with Gasteiger partial charge in [0.1, 0.15) is 10.8 Å². The maximum Gasteiger partial charge on any atom is 0.271 e. The first-order valence-corrected chi connectivity index (χ1v) is 9.62. The lowest BCUT2D eigenvalue weighted by molar-refractivity contribution is -0.384. The number of nitro benzene ring substituents is 1. The van der Waals surface area contributed by atoms with E-state index < -0.39 is 4.92 Å². The van der Waals surface area contributed by atoms with Crippen molar-refractivity contribution in [2.75, 3.05) is 26.6 Å². The Morgan fingerprint density at radius 2 is 1.77 bits per heavy atom. The van der Waals surface area contributed by atoms with E-state index >= 15 is 0 Å². The zero-order valence-corrected chi connectivity index (χ0v) is 17.3. The van der Waals surface area contributed by atoms with E-state index in [2.05, 4.69) is 10.3 Å². The molecule has 2 aromatic carbocycles. The molecule has 9 nitrogen and oxygen atoms in total. The number of anilines is 1. The van der Waals surface area contributed by atoms with E-state index in [9.17, 15) is 14.9 Å². The van der Waals surface area contributed by atoms with Crippen molar-refractivity contribution in [3.05, 3.63) is 57.6 Å². The van der Waals surface area contributed by atoms with E-state index in [1.54, 1.807) is 25.7 Å². The van der Waals surface area contributed by atoms with Crippen molar-refractivity contribution in [3.8, 4) is 27.8 Å². The standard InChI is InChI=1S/C20H19N3O6S/c1-27-16-7-5-14(23(25)26)10-15(16)22-19(24)9-13-11-30-20(21-13)12-4-6-17(28-2)18(8-12)29-3/h4-8,10-11H,9H2,1-3H3,(H,22,24). The molecule has 0 unspecified atom stereocenters. The first-order valence-electron chi connectivity index (χ1n) is 8.74. The lowest BCUT2D eigenvalue weighted by Crippen LogP contribution is -2.15. The van der Waals surface area contributed by atoms with Crippen molar-refractivity contribution in [2.45, 2.75) is 6.42 Å². The molecule has 3 aromatic rings. The fourth-order valence-corrected chi connectivity index (χ4v) is 3.57. The molecule has 1 amide bonds. The summed E-state index contributed by atoms with van der Waals surface area (Å²) >= 11 is 1.40. The fraction of sp³-hybridized carbons (Fsp3) is 0.200. The summed E-state index contributed by atoms with van der Waals surface area (Å²) in [5.74, 6) is 1.17. The van der Waals surface area contributed by atoms with Crippen molar-refractivity contribution in [2.24, 2.45) is 0 Å². The van der Waals surface area contributed by atoms with Crippen LogP contribution in [0.15, 0.2) is 41.8 Å². The maximum atomic E-state index is 12.5. The Kier molecular flexibility index (Phi) is 6.48. The third kappa shape index (κ3) is 4.66. The number of aromatic nitrogens is 1. The summed E-state index contributed by atoms with van der Waals surface area (Å²) in [6.45, 7) is 0. The monoisotopic (exact) mass is 429 g/mol. The minimum Gasteiger partial charge on any atom is -0.495 e. The summed E-state index contributed by atoms with van der Waals surface area (Å²) in [7, 11) is 4.54. The van der Waals surface area contributed by atoms with Crippen LogP contribution in [0.25, 0.3) is 10.6 Å². The fourth-order valence-electron chi connectivity index (χ4n) is 2.76. The molecule has 0 aliphatic heterocycles. The van der Waals surface area contributed by atoms with E-state index in [0.717, 1.165) is 10.6 Å². The minimum atomic E-state index is -0.537. The van der Waals surface area contributed by atoms with Gasteiger partial charge in [-0.25, -0.2) is 4.98 Å². The number of carbonyl (C=O) groups is 1. The molecule has 0 fully saturated rings. The maximum absolute atomic E-state index is 12.5. The third-order valence-corrected chi connectivity index (χ3v) is 5.13. The van der Waals surface area contributed by atoms with Crippen LogP contribution in [0.3, 0.4) is 0 Å². The quantitative estimate of drug-likeness (QED) is 0.426. The Balaban J connectivity index is 1.74. The van der Waals surface area contributed by atoms with Gasteiger partial charge in [0.15, 0.2) is 11.5 Å². The Hall–Kier alpha value is -3.66. The van der Waals surface area contributed by atoms with Gasteiger partial charge in [-0.15, -0.1) is 11.3 Å². The average molecular weight is 429 g/mol. The van der Waals surface area contributed by atoms with Gasteiger partial charge in [0.25, 0.3) is 5.69 Å². The number of hydrogen-bond donors (Lipinski definition) is 1. The second kappa shape index (κ2) is 9.23. The highest BCUT2D eigenvalue weighted by Gasteiger charge is 2.16. The summed E-state index contributed by atoms with van der Waals surface area (Å²) in [5.41, 5.74) is 1.50. The number of benzene rings is 2. The molecule has 0 bridgehead atoms. The SMILES string of the molecule is COc1ccc([N+](=O)[O-])cc1NC(=O)Cc1csc(-c2ccc(OC)c(OC)c2)n1. The van der Waals surface area contributed by atoms with Gasteiger partial charge in [-0.3, -0.25) is 14.9 Å². The zero-order chi connectivity index (χ0) is 21.7. The number of hydrogen-bond acceptors (Lipinski definition) is 8. The number of nitrogens with zero attached hydrogens (tertiary/aromatic N) is 2. The molecule has 156 valence electrons. The van der Waals surface area contributed by atoms with Crippen LogP contribution < -0.4 is 19.5 Å². The van der Waals surface area contributed by atoms with Gasteiger partial charge < -0.3 is 19.5 Å². The Bertz CT molecular complexity index is 1080. The summed E-state index contributed by atoms with van der Waals surface area (Å²) < 4.78 is 15.7. The van der Waals surface area contributed by atoms with E-state index in [0.29, 0.717) is 22.9 Å². The molecule has 30 heavy (non-hydrogen) atoms. The van der Waals surface area contributed by atoms with Gasteiger partial charge in [0.05, 0.1) is 44.1 Å². The molecule has 1 aromatic heterocycles. The summed E-state index contributed by atoms with van der Waals surface area (Å²) in [6, 6.07) is 9.47. The number of non-ortho nitro benzene ring substituents is 1. The molecule has 1 heterocycles. The highest BCUT2D eigenvalue weighted by atomic mass is 32.1. The van der Waals surface area contributed by atoms with Crippen molar-refractivity contribution < 1.29 is 23.9 Å². The summed E-state index contributed by atoms with van der Waals surface area (Å²) in [5, 5.41) is 16.1. The topological polar surface area (TPSA) is 113 Å². The predicted octanol–water partition coefficient (Wildman–Crippen LogP) is 3.93. The van der Waals surface area contributed by atoms with Crippen molar-refractivity contribution in [3.63, 3.8) is 0 Å². The number of ether oxygens (including phenoxy) is 3. The second-order valence-electron chi connectivity index (χ2n) is 6.08. The molecular formula is C20H19N3O6S. The van der Waals surface area contributed by atoms with Crippen LogP contribution in [-0.4, -0.2) is 37.1 Å². The van der Waals surface area contributed by atoms with Crippen molar-refractivity contribution in [1.29, 1.82) is 0 Å². The number of rotatable bonds is 8. The molecule has 10 heteroatoms.